The van der Waals surface area contributed by atoms with E-state index in [0.717, 1.165) is 0 Å². The highest BCUT2D eigenvalue weighted by Gasteiger charge is 2.29. The molecule has 0 fully saturated rings. The number of guanidine groups is 1. The molecule has 0 saturated heterocycles. The van der Waals surface area contributed by atoms with E-state index in [0.29, 0.717) is 6.42 Å². The first-order chi connectivity index (χ1) is 15.3. The average molecular weight is 474 g/mol. The second kappa shape index (κ2) is 15.0. The molecule has 0 heterocycles. The Hall–Kier alpha value is -3.95. The lowest BCUT2D eigenvalue weighted by Crippen LogP contribution is -2.56. The summed E-state index contributed by atoms with van der Waals surface area (Å²) < 4.78 is 0. The third-order valence-corrected chi connectivity index (χ3v) is 4.04. The molecule has 186 valence electrons. The summed E-state index contributed by atoms with van der Waals surface area (Å²) in [6, 6.07) is -4.04. The largest absolute Gasteiger partial charge is 0.481 e. The maximum atomic E-state index is 12.6. The molecule has 0 aliphatic heterocycles. The number of aliphatic imine (C=N–C) groups is 1. The Bertz CT molecular complexity index is 768. The second-order valence-electron chi connectivity index (χ2n) is 6.89. The van der Waals surface area contributed by atoms with Gasteiger partial charge in [-0.05, 0) is 19.3 Å². The summed E-state index contributed by atoms with van der Waals surface area (Å²) in [4.78, 5) is 73.6. The molecule has 3 unspecified atom stereocenters. The number of amides is 4. The van der Waals surface area contributed by atoms with Crippen molar-refractivity contribution in [3.8, 4) is 0 Å². The lowest BCUT2D eigenvalue weighted by Gasteiger charge is -2.23. The predicted octanol–water partition coefficient (Wildman–Crippen LogP) is -4.72. The van der Waals surface area contributed by atoms with Gasteiger partial charge in [0.15, 0.2) is 5.96 Å². The van der Waals surface area contributed by atoms with Gasteiger partial charge in [0.1, 0.15) is 18.6 Å². The minimum Gasteiger partial charge on any atom is -0.481 e. The fourth-order valence-electron chi connectivity index (χ4n) is 2.43. The van der Waals surface area contributed by atoms with Gasteiger partial charge >= 0.3 is 11.9 Å². The smallest absolute Gasteiger partial charge is 0.322 e. The Morgan fingerprint density at radius 3 is 1.94 bits per heavy atom. The highest BCUT2D eigenvalue weighted by Crippen LogP contribution is 2.03. The average Bonchev–Trinajstić information content (AvgIpc) is 2.70. The summed E-state index contributed by atoms with van der Waals surface area (Å²) >= 11 is 0. The Morgan fingerprint density at radius 2 is 1.42 bits per heavy atom. The van der Waals surface area contributed by atoms with Crippen molar-refractivity contribution in [2.75, 3.05) is 13.1 Å². The van der Waals surface area contributed by atoms with Crippen molar-refractivity contribution >= 4 is 41.5 Å². The summed E-state index contributed by atoms with van der Waals surface area (Å²) in [7, 11) is 0. The molecule has 0 spiro atoms. The van der Waals surface area contributed by atoms with Crippen LogP contribution in [0, 0.1) is 0 Å². The van der Waals surface area contributed by atoms with E-state index in [-0.39, 0.29) is 25.3 Å². The molecule has 4 amide bonds. The molecule has 33 heavy (non-hydrogen) atoms. The maximum absolute atomic E-state index is 12.6. The predicted molar refractivity (Wildman–Crippen MR) is 113 cm³/mol. The van der Waals surface area contributed by atoms with E-state index in [1.165, 1.54) is 0 Å². The van der Waals surface area contributed by atoms with Crippen LogP contribution in [-0.4, -0.2) is 83.0 Å². The van der Waals surface area contributed by atoms with E-state index >= 15 is 0 Å². The van der Waals surface area contributed by atoms with Crippen molar-refractivity contribution in [1.29, 1.82) is 0 Å². The zero-order valence-corrected chi connectivity index (χ0v) is 17.8. The van der Waals surface area contributed by atoms with E-state index in [2.05, 4.69) is 15.6 Å². The number of rotatable bonds is 16. The van der Waals surface area contributed by atoms with Gasteiger partial charge < -0.3 is 49.1 Å². The van der Waals surface area contributed by atoms with Crippen molar-refractivity contribution in [2.24, 2.45) is 27.9 Å². The highest BCUT2D eigenvalue weighted by atomic mass is 16.4. The van der Waals surface area contributed by atoms with Gasteiger partial charge in [-0.25, -0.2) is 0 Å². The fourth-order valence-corrected chi connectivity index (χ4v) is 2.43. The number of carboxylic acids is 2. The topological polar surface area (TPSA) is 295 Å². The minimum atomic E-state index is -1.55. The van der Waals surface area contributed by atoms with Crippen molar-refractivity contribution < 1.29 is 39.0 Å². The van der Waals surface area contributed by atoms with Gasteiger partial charge in [0.05, 0.1) is 12.5 Å². The van der Waals surface area contributed by atoms with Crippen LogP contribution in [-0.2, 0) is 28.8 Å². The number of hydrogen-bond acceptors (Lipinski definition) is 8. The molecule has 3 atom stereocenters. The number of carbonyl (C=O) groups is 6. The summed E-state index contributed by atoms with van der Waals surface area (Å²) in [5.41, 5.74) is 21.2. The Morgan fingerprint density at radius 1 is 0.818 bits per heavy atom. The highest BCUT2D eigenvalue weighted by molar-refractivity contribution is 5.95. The van der Waals surface area contributed by atoms with E-state index in [1.807, 2.05) is 5.32 Å². The zero-order valence-electron chi connectivity index (χ0n) is 17.8. The molecule has 0 aromatic rings. The van der Waals surface area contributed by atoms with Gasteiger partial charge in [0, 0.05) is 13.0 Å². The monoisotopic (exact) mass is 474 g/mol. The summed E-state index contributed by atoms with van der Waals surface area (Å²) in [6.45, 7) is -0.565. The molecule has 0 aromatic carbocycles. The van der Waals surface area contributed by atoms with E-state index in [1.54, 1.807) is 0 Å². The van der Waals surface area contributed by atoms with Gasteiger partial charge in [-0.3, -0.25) is 33.8 Å². The number of carboxylic acid groups (broad SMARTS) is 2. The van der Waals surface area contributed by atoms with Crippen LogP contribution in [0.3, 0.4) is 0 Å². The first-order valence-corrected chi connectivity index (χ1v) is 9.74. The van der Waals surface area contributed by atoms with Crippen LogP contribution in [0.5, 0.6) is 0 Å². The van der Waals surface area contributed by atoms with Crippen LogP contribution in [0.1, 0.15) is 32.1 Å². The van der Waals surface area contributed by atoms with Crippen LogP contribution in [0.15, 0.2) is 4.99 Å². The Labute approximate surface area is 188 Å². The number of aliphatic carboxylic acids is 2. The quantitative estimate of drug-likeness (QED) is 0.0581. The maximum Gasteiger partial charge on any atom is 0.322 e. The lowest BCUT2D eigenvalue weighted by molar-refractivity contribution is -0.139. The molecule has 0 rings (SSSR count). The Balaban J connectivity index is 5.24. The zero-order chi connectivity index (χ0) is 25.6. The first kappa shape index (κ1) is 29.0. The standard InChI is InChI=1S/C17H30N8O8/c18-8(2-1-5-22-17(20)21)14(31)24-9(3-4-12(27)28)16(33)25-10(6-11(19)26)15(32)23-7-13(29)30/h8-10H,1-7,18H2,(H2,19,26)(H,23,32)(H,24,31)(H,25,33)(H,27,28)(H,29,30)(H4,20,21,22). The molecule has 0 saturated carbocycles. The van der Waals surface area contributed by atoms with E-state index in [4.69, 9.17) is 33.1 Å². The molecule has 0 bridgehead atoms. The first-order valence-electron chi connectivity index (χ1n) is 9.74. The van der Waals surface area contributed by atoms with Gasteiger partial charge in [-0.2, -0.15) is 0 Å². The van der Waals surface area contributed by atoms with Crippen molar-refractivity contribution in [3.05, 3.63) is 0 Å². The number of carbonyl (C=O) groups excluding carboxylic acids is 4. The molecular weight excluding hydrogens is 444 g/mol. The summed E-state index contributed by atoms with van der Waals surface area (Å²) in [5, 5.41) is 24.0. The molecule has 16 nitrogen and oxygen atoms in total. The summed E-state index contributed by atoms with van der Waals surface area (Å²) in [6.07, 6.45) is -1.03. The lowest BCUT2D eigenvalue weighted by atomic mass is 10.1. The van der Waals surface area contributed by atoms with Gasteiger partial charge in [0.25, 0.3) is 0 Å². The van der Waals surface area contributed by atoms with E-state index in [9.17, 15) is 28.8 Å². The van der Waals surface area contributed by atoms with Gasteiger partial charge in [0.2, 0.25) is 23.6 Å². The molecule has 0 aliphatic carbocycles. The number of hydrogen-bond donors (Lipinski definition) is 9. The molecule has 0 aromatic heterocycles. The fraction of sp³-hybridized carbons (Fsp3) is 0.588. The minimum absolute atomic E-state index is 0.128. The molecule has 0 aliphatic rings. The van der Waals surface area contributed by atoms with Gasteiger partial charge in [-0.1, -0.05) is 0 Å². The summed E-state index contributed by atoms with van der Waals surface area (Å²) in [5.74, 6) is -6.49. The molecule has 0 radical (unpaired) electrons. The van der Waals surface area contributed by atoms with Crippen LogP contribution in [0.2, 0.25) is 0 Å². The molecule has 13 N–H and O–H groups in total. The van der Waals surface area contributed by atoms with Gasteiger partial charge in [-0.15, -0.1) is 0 Å². The van der Waals surface area contributed by atoms with Crippen molar-refractivity contribution in [1.82, 2.24) is 16.0 Å². The number of primary amides is 1. The van der Waals surface area contributed by atoms with Crippen molar-refractivity contribution in [3.63, 3.8) is 0 Å². The number of nitrogens with two attached hydrogens (primary N) is 4. The van der Waals surface area contributed by atoms with Crippen LogP contribution in [0.4, 0.5) is 0 Å². The normalized spacial score (nSPS) is 13.0. The molecule has 16 heteroatoms. The number of nitrogens with one attached hydrogen (secondary N) is 3. The SMILES string of the molecule is NC(=O)CC(NC(=O)C(CCC(=O)O)NC(=O)C(N)CCCN=C(N)N)C(=O)NCC(=O)O. The molecular formula is C17H30N8O8. The Kier molecular flexibility index (Phi) is 13.2. The second-order valence-corrected chi connectivity index (χ2v) is 6.89. The van der Waals surface area contributed by atoms with E-state index < -0.39 is 73.1 Å². The number of nitrogens with zero attached hydrogens (tertiary/aromatic N) is 1. The van der Waals surface area contributed by atoms with Crippen molar-refractivity contribution in [2.45, 2.75) is 50.2 Å². The van der Waals surface area contributed by atoms with Crippen LogP contribution >= 0.6 is 0 Å². The van der Waals surface area contributed by atoms with Crippen LogP contribution in [0.25, 0.3) is 0 Å². The third kappa shape index (κ3) is 13.9. The third-order valence-electron chi connectivity index (χ3n) is 4.04. The van der Waals surface area contributed by atoms with Crippen LogP contribution < -0.4 is 38.9 Å².